The lowest BCUT2D eigenvalue weighted by atomic mass is 10.0. The lowest BCUT2D eigenvalue weighted by Gasteiger charge is -2.15. The molecule has 140 valence electrons. The van der Waals surface area contributed by atoms with Crippen LogP contribution in [0.2, 0.25) is 0 Å². The number of rotatable bonds is 7. The van der Waals surface area contributed by atoms with Crippen LogP contribution in [0.5, 0.6) is 0 Å². The van der Waals surface area contributed by atoms with Crippen LogP contribution in [0.1, 0.15) is 28.4 Å². The highest BCUT2D eigenvalue weighted by molar-refractivity contribution is 5.94. The summed E-state index contributed by atoms with van der Waals surface area (Å²) < 4.78 is 43.3. The first-order chi connectivity index (χ1) is 12.3. The molecule has 0 fully saturated rings. The van der Waals surface area contributed by atoms with E-state index in [9.17, 15) is 18.0 Å². The summed E-state index contributed by atoms with van der Waals surface area (Å²) in [6.45, 7) is 2.38. The molecule has 26 heavy (non-hydrogen) atoms. The monoisotopic (exact) mass is 366 g/mol. The normalized spacial score (nSPS) is 12.6. The van der Waals surface area contributed by atoms with Crippen molar-refractivity contribution in [1.82, 2.24) is 5.32 Å². The van der Waals surface area contributed by atoms with Gasteiger partial charge in [0.05, 0.1) is 11.1 Å². The van der Waals surface area contributed by atoms with E-state index in [-0.39, 0.29) is 12.6 Å². The van der Waals surface area contributed by atoms with Gasteiger partial charge in [0.25, 0.3) is 0 Å². The topological polar surface area (TPSA) is 64.3 Å². The van der Waals surface area contributed by atoms with Crippen LogP contribution < -0.4 is 11.1 Å². The number of ether oxygens (including phenoxy) is 1. The zero-order valence-electron chi connectivity index (χ0n) is 14.3. The Morgan fingerprint density at radius 1 is 1.19 bits per heavy atom. The lowest BCUT2D eigenvalue weighted by molar-refractivity contribution is -0.137. The Labute approximate surface area is 150 Å². The molecular formula is C19H21F3N2O2. The molecule has 0 saturated heterocycles. The highest BCUT2D eigenvalue weighted by Gasteiger charge is 2.30. The van der Waals surface area contributed by atoms with E-state index in [0.29, 0.717) is 29.8 Å². The number of carbonyl (C=O) groups excluding carboxylic acids is 1. The highest BCUT2D eigenvalue weighted by Crippen LogP contribution is 2.29. The van der Waals surface area contributed by atoms with Crippen molar-refractivity contribution in [3.8, 4) is 0 Å². The Balaban J connectivity index is 1.77. The van der Waals surface area contributed by atoms with Gasteiger partial charge in [-0.2, -0.15) is 13.2 Å². The number of alkyl halides is 3. The average Bonchev–Trinajstić information content (AvgIpc) is 2.58. The van der Waals surface area contributed by atoms with Gasteiger partial charge in [-0.25, -0.2) is 4.79 Å². The molecule has 0 heterocycles. The number of nitrogen functional groups attached to an aromatic ring is 1. The molecule has 0 radical (unpaired) electrons. The van der Waals surface area contributed by atoms with Gasteiger partial charge < -0.3 is 15.8 Å². The molecule has 0 saturated carbocycles. The number of benzene rings is 2. The minimum atomic E-state index is -4.35. The van der Waals surface area contributed by atoms with Crippen LogP contribution in [0.3, 0.4) is 0 Å². The van der Waals surface area contributed by atoms with Crippen molar-refractivity contribution < 1.29 is 22.7 Å². The molecular weight excluding hydrogens is 345 g/mol. The van der Waals surface area contributed by atoms with Crippen LogP contribution in [0.25, 0.3) is 0 Å². The minimum Gasteiger partial charge on any atom is -0.461 e. The number of hydrogen-bond acceptors (Lipinski definition) is 4. The van der Waals surface area contributed by atoms with Gasteiger partial charge in [-0.1, -0.05) is 30.3 Å². The minimum absolute atomic E-state index is 0.0704. The summed E-state index contributed by atoms with van der Waals surface area (Å²) in [7, 11) is 0. The number of halogens is 3. The summed E-state index contributed by atoms with van der Waals surface area (Å²) in [5.74, 6) is -0.504. The summed E-state index contributed by atoms with van der Waals surface area (Å²) >= 11 is 0. The SMILES string of the molecule is CC(Cc1cccc(C(F)(F)F)c1)NCCOC(=O)c1ccccc1N. The Bertz CT molecular complexity index is 748. The van der Waals surface area contributed by atoms with Crippen molar-refractivity contribution in [2.24, 2.45) is 0 Å². The van der Waals surface area contributed by atoms with Crippen molar-refractivity contribution in [3.63, 3.8) is 0 Å². The first kappa shape index (κ1) is 19.8. The molecule has 2 aromatic rings. The fraction of sp³-hybridized carbons (Fsp3) is 0.316. The summed E-state index contributed by atoms with van der Waals surface area (Å²) in [4.78, 5) is 11.9. The van der Waals surface area contributed by atoms with Crippen LogP contribution in [0, 0.1) is 0 Å². The molecule has 7 heteroatoms. The molecule has 0 amide bonds. The Hall–Kier alpha value is -2.54. The zero-order chi connectivity index (χ0) is 19.2. The van der Waals surface area contributed by atoms with Crippen molar-refractivity contribution in [1.29, 1.82) is 0 Å². The lowest BCUT2D eigenvalue weighted by Crippen LogP contribution is -2.31. The number of nitrogens with one attached hydrogen (secondary N) is 1. The van der Waals surface area contributed by atoms with Gasteiger partial charge in [-0.05, 0) is 37.1 Å². The van der Waals surface area contributed by atoms with Gasteiger partial charge in [0.2, 0.25) is 0 Å². The van der Waals surface area contributed by atoms with Crippen LogP contribution in [0.4, 0.5) is 18.9 Å². The summed E-state index contributed by atoms with van der Waals surface area (Å²) in [6, 6.07) is 11.8. The molecule has 1 atom stereocenters. The predicted octanol–water partition coefficient (Wildman–Crippen LogP) is 3.67. The van der Waals surface area contributed by atoms with E-state index in [1.165, 1.54) is 6.07 Å². The molecule has 2 aromatic carbocycles. The maximum atomic E-state index is 12.7. The van der Waals surface area contributed by atoms with Crippen molar-refractivity contribution >= 4 is 11.7 Å². The number of hydrogen-bond donors (Lipinski definition) is 2. The maximum Gasteiger partial charge on any atom is 0.416 e. The van der Waals surface area contributed by atoms with Gasteiger partial charge in [-0.15, -0.1) is 0 Å². The summed E-state index contributed by atoms with van der Waals surface area (Å²) in [5.41, 5.74) is 6.30. The molecule has 0 aliphatic heterocycles. The molecule has 2 rings (SSSR count). The van der Waals surface area contributed by atoms with Gasteiger partial charge in [0.1, 0.15) is 6.61 Å². The number of esters is 1. The van der Waals surface area contributed by atoms with Crippen LogP contribution in [-0.4, -0.2) is 25.2 Å². The highest BCUT2D eigenvalue weighted by atomic mass is 19.4. The Morgan fingerprint density at radius 3 is 2.62 bits per heavy atom. The third kappa shape index (κ3) is 5.77. The second-order valence-corrected chi connectivity index (χ2v) is 5.98. The second-order valence-electron chi connectivity index (χ2n) is 5.98. The molecule has 4 nitrogen and oxygen atoms in total. The van der Waals surface area contributed by atoms with Crippen molar-refractivity contribution in [2.45, 2.75) is 25.6 Å². The standard InChI is InChI=1S/C19H21F3N2O2/c1-13(11-14-5-4-6-15(12-14)19(20,21)22)24-9-10-26-18(25)16-7-2-3-8-17(16)23/h2-8,12-13,24H,9-11,23H2,1H3. The fourth-order valence-electron chi connectivity index (χ4n) is 2.51. The van der Waals surface area contributed by atoms with Gasteiger partial charge in [0.15, 0.2) is 0 Å². The number of nitrogens with two attached hydrogens (primary N) is 1. The predicted molar refractivity (Wildman–Crippen MR) is 93.7 cm³/mol. The van der Waals surface area contributed by atoms with E-state index in [0.717, 1.165) is 12.1 Å². The summed E-state index contributed by atoms with van der Waals surface area (Å²) in [6.07, 6.45) is -3.91. The first-order valence-corrected chi connectivity index (χ1v) is 8.18. The van der Waals surface area contributed by atoms with E-state index >= 15 is 0 Å². The molecule has 1 unspecified atom stereocenters. The zero-order valence-corrected chi connectivity index (χ0v) is 14.3. The third-order valence-electron chi connectivity index (χ3n) is 3.80. The molecule has 0 bridgehead atoms. The molecule has 0 aliphatic rings. The van der Waals surface area contributed by atoms with E-state index < -0.39 is 17.7 Å². The Kier molecular flexibility index (Phi) is 6.63. The van der Waals surface area contributed by atoms with E-state index in [2.05, 4.69) is 5.32 Å². The first-order valence-electron chi connectivity index (χ1n) is 8.18. The summed E-state index contributed by atoms with van der Waals surface area (Å²) in [5, 5.41) is 3.12. The fourth-order valence-corrected chi connectivity index (χ4v) is 2.51. The van der Waals surface area contributed by atoms with Crippen LogP contribution in [-0.2, 0) is 17.3 Å². The second kappa shape index (κ2) is 8.71. The molecule has 0 spiro atoms. The molecule has 0 aliphatic carbocycles. The third-order valence-corrected chi connectivity index (χ3v) is 3.80. The Morgan fingerprint density at radius 2 is 1.92 bits per heavy atom. The van der Waals surface area contributed by atoms with Crippen LogP contribution >= 0.6 is 0 Å². The van der Waals surface area contributed by atoms with Crippen molar-refractivity contribution in [3.05, 3.63) is 65.2 Å². The van der Waals surface area contributed by atoms with Crippen LogP contribution in [0.15, 0.2) is 48.5 Å². The number of carbonyl (C=O) groups is 1. The molecule has 3 N–H and O–H groups in total. The number of anilines is 1. The van der Waals surface area contributed by atoms with E-state index in [4.69, 9.17) is 10.5 Å². The quantitative estimate of drug-likeness (QED) is 0.446. The van der Waals surface area contributed by atoms with E-state index in [1.54, 1.807) is 30.3 Å². The van der Waals surface area contributed by atoms with Gasteiger partial charge in [-0.3, -0.25) is 0 Å². The molecule has 0 aromatic heterocycles. The van der Waals surface area contributed by atoms with Crippen molar-refractivity contribution in [2.75, 3.05) is 18.9 Å². The smallest absolute Gasteiger partial charge is 0.416 e. The number of para-hydroxylation sites is 1. The average molecular weight is 366 g/mol. The van der Waals surface area contributed by atoms with E-state index in [1.807, 2.05) is 6.92 Å². The van der Waals surface area contributed by atoms with Gasteiger partial charge in [0, 0.05) is 18.3 Å². The van der Waals surface area contributed by atoms with Gasteiger partial charge >= 0.3 is 12.1 Å². The largest absolute Gasteiger partial charge is 0.461 e. The maximum absolute atomic E-state index is 12.7.